The van der Waals surface area contributed by atoms with Crippen LogP contribution in [0.2, 0.25) is 0 Å². The Morgan fingerprint density at radius 3 is 3.08 bits per heavy atom. The molecule has 0 amide bonds. The van der Waals surface area contributed by atoms with E-state index >= 15 is 0 Å². The van der Waals surface area contributed by atoms with E-state index in [0.29, 0.717) is 0 Å². The van der Waals surface area contributed by atoms with E-state index in [9.17, 15) is 0 Å². The summed E-state index contributed by atoms with van der Waals surface area (Å²) >= 11 is 5.01. The SMILES string of the molecule is CSc1ncc(Br)c2cncn12. The molecule has 0 atom stereocenters. The predicted octanol–water partition coefficient (Wildman–Crippen LogP) is 2.21. The summed E-state index contributed by atoms with van der Waals surface area (Å²) in [6, 6.07) is 0. The Kier molecular flexibility index (Phi) is 2.06. The molecule has 12 heavy (non-hydrogen) atoms. The van der Waals surface area contributed by atoms with Crippen molar-refractivity contribution >= 4 is 33.2 Å². The third-order valence-electron chi connectivity index (χ3n) is 1.56. The highest BCUT2D eigenvalue weighted by Gasteiger charge is 2.03. The molecule has 5 heteroatoms. The molecule has 0 aliphatic carbocycles. The Balaban J connectivity index is 2.82. The Morgan fingerprint density at radius 2 is 2.33 bits per heavy atom. The second kappa shape index (κ2) is 3.06. The fourth-order valence-electron chi connectivity index (χ4n) is 1.02. The van der Waals surface area contributed by atoms with Crippen molar-refractivity contribution in [1.82, 2.24) is 14.4 Å². The summed E-state index contributed by atoms with van der Waals surface area (Å²) in [6.45, 7) is 0. The maximum atomic E-state index is 4.24. The first-order chi connectivity index (χ1) is 5.83. The quantitative estimate of drug-likeness (QED) is 0.569. The second-order valence-electron chi connectivity index (χ2n) is 2.24. The number of rotatable bonds is 1. The molecular formula is C7H6BrN3S. The van der Waals surface area contributed by atoms with Crippen LogP contribution < -0.4 is 0 Å². The van der Waals surface area contributed by atoms with Crippen molar-refractivity contribution in [2.24, 2.45) is 0 Å². The predicted molar refractivity (Wildman–Crippen MR) is 52.5 cm³/mol. The number of thioether (sulfide) groups is 1. The summed E-state index contributed by atoms with van der Waals surface area (Å²) in [5, 5.41) is 0.950. The first kappa shape index (κ1) is 8.07. The number of halogens is 1. The maximum absolute atomic E-state index is 4.24. The van der Waals surface area contributed by atoms with Gasteiger partial charge in [-0.25, -0.2) is 9.97 Å². The molecule has 0 radical (unpaired) electrons. The van der Waals surface area contributed by atoms with Crippen molar-refractivity contribution in [2.45, 2.75) is 5.16 Å². The van der Waals surface area contributed by atoms with E-state index in [4.69, 9.17) is 0 Å². The zero-order chi connectivity index (χ0) is 8.55. The van der Waals surface area contributed by atoms with Gasteiger partial charge < -0.3 is 0 Å². The van der Waals surface area contributed by atoms with Crippen molar-refractivity contribution in [2.75, 3.05) is 6.26 Å². The summed E-state index contributed by atoms with van der Waals surface area (Å²) in [5.74, 6) is 0. The molecule has 2 rings (SSSR count). The molecule has 0 N–H and O–H groups in total. The molecule has 0 aromatic carbocycles. The molecule has 0 fully saturated rings. The summed E-state index contributed by atoms with van der Waals surface area (Å²) in [5.41, 5.74) is 1.05. The number of aromatic nitrogens is 3. The average Bonchev–Trinajstić information content (AvgIpc) is 2.54. The van der Waals surface area contributed by atoms with Crippen molar-refractivity contribution in [3.63, 3.8) is 0 Å². The van der Waals surface area contributed by atoms with Gasteiger partial charge in [-0.05, 0) is 22.2 Å². The van der Waals surface area contributed by atoms with Gasteiger partial charge in [0.2, 0.25) is 0 Å². The van der Waals surface area contributed by atoms with E-state index in [0.717, 1.165) is 15.1 Å². The third-order valence-corrected chi connectivity index (χ3v) is 2.84. The fourth-order valence-corrected chi connectivity index (χ4v) is 1.91. The van der Waals surface area contributed by atoms with Crippen molar-refractivity contribution < 1.29 is 0 Å². The highest BCUT2D eigenvalue weighted by molar-refractivity contribution is 9.10. The summed E-state index contributed by atoms with van der Waals surface area (Å²) in [7, 11) is 0. The van der Waals surface area contributed by atoms with E-state index in [1.807, 2.05) is 16.9 Å². The van der Waals surface area contributed by atoms with Gasteiger partial charge in [0, 0.05) is 6.20 Å². The van der Waals surface area contributed by atoms with Crippen LogP contribution in [-0.4, -0.2) is 20.6 Å². The number of fused-ring (bicyclic) bond motifs is 1. The van der Waals surface area contributed by atoms with Gasteiger partial charge in [-0.1, -0.05) is 11.8 Å². The van der Waals surface area contributed by atoms with Crippen LogP contribution in [0.1, 0.15) is 0 Å². The molecule has 0 saturated heterocycles. The highest BCUT2D eigenvalue weighted by Crippen LogP contribution is 2.20. The van der Waals surface area contributed by atoms with Crippen LogP contribution in [0.3, 0.4) is 0 Å². The average molecular weight is 244 g/mol. The molecule has 0 aliphatic heterocycles. The van der Waals surface area contributed by atoms with Crippen molar-refractivity contribution in [3.8, 4) is 0 Å². The lowest BCUT2D eigenvalue weighted by molar-refractivity contribution is 0.895. The van der Waals surface area contributed by atoms with Gasteiger partial charge in [-0.3, -0.25) is 4.40 Å². The first-order valence-electron chi connectivity index (χ1n) is 3.33. The van der Waals surface area contributed by atoms with Gasteiger partial charge in [0.15, 0.2) is 5.16 Å². The van der Waals surface area contributed by atoms with Crippen LogP contribution in [0.15, 0.2) is 28.4 Å². The zero-order valence-electron chi connectivity index (χ0n) is 6.36. The van der Waals surface area contributed by atoms with Crippen LogP contribution in [0, 0.1) is 0 Å². The second-order valence-corrected chi connectivity index (χ2v) is 3.87. The van der Waals surface area contributed by atoms with Gasteiger partial charge in [-0.15, -0.1) is 0 Å². The standard InChI is InChI=1S/C7H6BrN3S/c1-12-7-10-2-5(8)6-3-9-4-11(6)7/h2-4H,1H3. The normalized spacial score (nSPS) is 10.8. The van der Waals surface area contributed by atoms with E-state index in [2.05, 4.69) is 25.9 Å². The van der Waals surface area contributed by atoms with Gasteiger partial charge >= 0.3 is 0 Å². The third kappa shape index (κ3) is 1.13. The zero-order valence-corrected chi connectivity index (χ0v) is 8.76. The summed E-state index contributed by atoms with van der Waals surface area (Å²) < 4.78 is 2.92. The molecule has 62 valence electrons. The molecule has 2 aromatic heterocycles. The van der Waals surface area contributed by atoms with Crippen molar-refractivity contribution in [3.05, 3.63) is 23.2 Å². The first-order valence-corrected chi connectivity index (χ1v) is 5.35. The van der Waals surface area contributed by atoms with E-state index in [1.54, 1.807) is 24.3 Å². The van der Waals surface area contributed by atoms with Gasteiger partial charge in [0.25, 0.3) is 0 Å². The van der Waals surface area contributed by atoms with E-state index in [1.165, 1.54) is 0 Å². The van der Waals surface area contributed by atoms with Crippen molar-refractivity contribution in [1.29, 1.82) is 0 Å². The lowest BCUT2D eigenvalue weighted by Gasteiger charge is -2.00. The number of hydrogen-bond acceptors (Lipinski definition) is 3. The highest BCUT2D eigenvalue weighted by atomic mass is 79.9. The summed E-state index contributed by atoms with van der Waals surface area (Å²) in [4.78, 5) is 8.29. The lowest BCUT2D eigenvalue weighted by atomic mass is 10.5. The molecule has 0 unspecified atom stereocenters. The fraction of sp³-hybridized carbons (Fsp3) is 0.143. The molecule has 0 spiro atoms. The maximum Gasteiger partial charge on any atom is 0.173 e. The van der Waals surface area contributed by atoms with Crippen LogP contribution in [-0.2, 0) is 0 Å². The lowest BCUT2D eigenvalue weighted by Crippen LogP contribution is -1.91. The smallest absolute Gasteiger partial charge is 0.173 e. The molecule has 3 nitrogen and oxygen atoms in total. The van der Waals surface area contributed by atoms with Gasteiger partial charge in [-0.2, -0.15) is 0 Å². The molecule has 2 heterocycles. The Bertz CT molecular complexity index is 412. The largest absolute Gasteiger partial charge is 0.277 e. The Morgan fingerprint density at radius 1 is 1.50 bits per heavy atom. The van der Waals surface area contributed by atoms with Gasteiger partial charge in [0.1, 0.15) is 6.33 Å². The molecular weight excluding hydrogens is 238 g/mol. The van der Waals surface area contributed by atoms with Crippen LogP contribution >= 0.6 is 27.7 Å². The minimum Gasteiger partial charge on any atom is -0.277 e. The number of hydrogen-bond donors (Lipinski definition) is 0. The minimum atomic E-state index is 0.950. The van der Waals surface area contributed by atoms with Crippen LogP contribution in [0.25, 0.3) is 5.52 Å². The molecule has 0 saturated carbocycles. The van der Waals surface area contributed by atoms with Crippen LogP contribution in [0.4, 0.5) is 0 Å². The van der Waals surface area contributed by atoms with Crippen LogP contribution in [0.5, 0.6) is 0 Å². The monoisotopic (exact) mass is 243 g/mol. The topological polar surface area (TPSA) is 30.2 Å². The molecule has 0 aliphatic rings. The number of imidazole rings is 1. The molecule has 0 bridgehead atoms. The number of nitrogens with zero attached hydrogens (tertiary/aromatic N) is 3. The van der Waals surface area contributed by atoms with Gasteiger partial charge in [0.05, 0.1) is 16.2 Å². The van der Waals surface area contributed by atoms with E-state index in [-0.39, 0.29) is 0 Å². The van der Waals surface area contributed by atoms with E-state index < -0.39 is 0 Å². The Labute approximate surface area is 82.3 Å². The summed E-state index contributed by atoms with van der Waals surface area (Å²) in [6.07, 6.45) is 7.36. The Hall–Kier alpha value is -0.550. The minimum absolute atomic E-state index is 0.950. The molecule has 2 aromatic rings.